The summed E-state index contributed by atoms with van der Waals surface area (Å²) in [6, 6.07) is 31.9. The van der Waals surface area contributed by atoms with Gasteiger partial charge in [0.1, 0.15) is 6.10 Å². The molecule has 34 heavy (non-hydrogen) atoms. The van der Waals surface area contributed by atoms with Crippen LogP contribution in [0.1, 0.15) is 28.5 Å². The lowest BCUT2D eigenvalue weighted by molar-refractivity contribution is 0.215. The molecule has 0 spiro atoms. The van der Waals surface area contributed by atoms with Crippen molar-refractivity contribution in [2.45, 2.75) is 19.6 Å². The van der Waals surface area contributed by atoms with E-state index in [4.69, 9.17) is 5.10 Å². The molecule has 5 rings (SSSR count). The van der Waals surface area contributed by atoms with Crippen LogP contribution in [0.4, 0.5) is 5.69 Å². The molecule has 2 aromatic heterocycles. The van der Waals surface area contributed by atoms with Crippen LogP contribution in [-0.4, -0.2) is 19.9 Å². The van der Waals surface area contributed by atoms with Gasteiger partial charge in [0.15, 0.2) is 0 Å². The second kappa shape index (κ2) is 9.73. The number of aliphatic hydroxyl groups excluding tert-OH is 1. The number of nitrogens with zero attached hydrogens (tertiary/aromatic N) is 3. The SMILES string of the molecule is Cc1ccc(C(O)c2ccccn2)cc1NCc1cn(-c2ccccc2)nc1-c1ccccc1. The Bertz CT molecular complexity index is 1370. The summed E-state index contributed by atoms with van der Waals surface area (Å²) in [6.07, 6.45) is 3.00. The average Bonchev–Trinajstić information content (AvgIpc) is 3.34. The lowest BCUT2D eigenvalue weighted by Gasteiger charge is -2.15. The smallest absolute Gasteiger partial charge is 0.121 e. The summed E-state index contributed by atoms with van der Waals surface area (Å²) >= 11 is 0. The highest BCUT2D eigenvalue weighted by atomic mass is 16.3. The molecule has 5 nitrogen and oxygen atoms in total. The van der Waals surface area contributed by atoms with Crippen LogP contribution in [0, 0.1) is 6.92 Å². The quantitative estimate of drug-likeness (QED) is 0.325. The van der Waals surface area contributed by atoms with Gasteiger partial charge in [-0.15, -0.1) is 0 Å². The minimum atomic E-state index is -0.775. The van der Waals surface area contributed by atoms with Crippen LogP contribution in [0.25, 0.3) is 16.9 Å². The van der Waals surface area contributed by atoms with E-state index in [0.717, 1.165) is 39.3 Å². The number of aryl methyl sites for hydroxylation is 1. The van der Waals surface area contributed by atoms with Gasteiger partial charge in [0.2, 0.25) is 0 Å². The van der Waals surface area contributed by atoms with Crippen molar-refractivity contribution in [3.63, 3.8) is 0 Å². The molecule has 0 aliphatic rings. The minimum absolute atomic E-state index is 0.598. The van der Waals surface area contributed by atoms with Crippen molar-refractivity contribution < 1.29 is 5.11 Å². The van der Waals surface area contributed by atoms with Crippen LogP contribution in [0.3, 0.4) is 0 Å². The van der Waals surface area contributed by atoms with Crippen LogP contribution >= 0.6 is 0 Å². The van der Waals surface area contributed by atoms with Crippen molar-refractivity contribution in [2.75, 3.05) is 5.32 Å². The van der Waals surface area contributed by atoms with E-state index >= 15 is 0 Å². The molecule has 1 unspecified atom stereocenters. The van der Waals surface area contributed by atoms with Crippen molar-refractivity contribution in [3.8, 4) is 16.9 Å². The zero-order valence-corrected chi connectivity index (χ0v) is 19.0. The monoisotopic (exact) mass is 446 g/mol. The molecular formula is C29H26N4O. The normalized spacial score (nSPS) is 11.8. The van der Waals surface area contributed by atoms with Crippen molar-refractivity contribution in [2.24, 2.45) is 0 Å². The second-order valence-electron chi connectivity index (χ2n) is 8.23. The number of hydrogen-bond acceptors (Lipinski definition) is 4. The number of anilines is 1. The zero-order valence-electron chi connectivity index (χ0n) is 19.0. The van der Waals surface area contributed by atoms with Gasteiger partial charge < -0.3 is 10.4 Å². The minimum Gasteiger partial charge on any atom is -0.382 e. The maximum atomic E-state index is 10.8. The van der Waals surface area contributed by atoms with Gasteiger partial charge in [-0.1, -0.05) is 66.7 Å². The molecule has 5 heteroatoms. The molecule has 0 fully saturated rings. The van der Waals surface area contributed by atoms with Crippen molar-refractivity contribution in [1.82, 2.24) is 14.8 Å². The Morgan fingerprint density at radius 2 is 1.62 bits per heavy atom. The van der Waals surface area contributed by atoms with Crippen LogP contribution in [0.2, 0.25) is 0 Å². The summed E-state index contributed by atoms with van der Waals surface area (Å²) in [7, 11) is 0. The van der Waals surface area contributed by atoms with Crippen molar-refractivity contribution in [3.05, 3.63) is 132 Å². The third kappa shape index (κ3) is 4.60. The maximum Gasteiger partial charge on any atom is 0.121 e. The third-order valence-corrected chi connectivity index (χ3v) is 5.87. The third-order valence-electron chi connectivity index (χ3n) is 5.87. The summed E-state index contributed by atoms with van der Waals surface area (Å²) in [5.41, 5.74) is 7.63. The lowest BCUT2D eigenvalue weighted by Crippen LogP contribution is -2.05. The van der Waals surface area contributed by atoms with Gasteiger partial charge in [0.25, 0.3) is 0 Å². The van der Waals surface area contributed by atoms with E-state index in [9.17, 15) is 5.11 Å². The first-order chi connectivity index (χ1) is 16.7. The lowest BCUT2D eigenvalue weighted by atomic mass is 10.0. The summed E-state index contributed by atoms with van der Waals surface area (Å²) in [5, 5.41) is 19.3. The van der Waals surface area contributed by atoms with Gasteiger partial charge in [-0.2, -0.15) is 5.10 Å². The van der Waals surface area contributed by atoms with Gasteiger partial charge in [-0.3, -0.25) is 4.98 Å². The van der Waals surface area contributed by atoms with Crippen molar-refractivity contribution >= 4 is 5.69 Å². The Balaban J connectivity index is 1.44. The van der Waals surface area contributed by atoms with E-state index in [1.165, 1.54) is 0 Å². The van der Waals surface area contributed by atoms with E-state index in [0.29, 0.717) is 12.2 Å². The Kier molecular flexibility index (Phi) is 6.19. The molecule has 0 aliphatic carbocycles. The molecule has 0 radical (unpaired) electrons. The predicted octanol–water partition coefficient (Wildman–Crippen LogP) is 5.94. The van der Waals surface area contributed by atoms with Crippen molar-refractivity contribution in [1.29, 1.82) is 0 Å². The molecule has 0 aliphatic heterocycles. The zero-order chi connectivity index (χ0) is 23.3. The number of para-hydroxylation sites is 1. The molecule has 2 heterocycles. The standard InChI is InChI=1S/C29H26N4O/c1-21-15-16-23(29(34)26-14-8-9-17-30-26)18-27(21)31-19-24-20-33(25-12-6-3-7-13-25)32-28(24)22-10-4-2-5-11-22/h2-18,20,29,31,34H,19H2,1H3. The van der Waals surface area contributed by atoms with Gasteiger partial charge >= 0.3 is 0 Å². The Hall–Kier alpha value is -4.22. The number of pyridine rings is 1. The molecule has 0 saturated heterocycles. The molecule has 0 bridgehead atoms. The van der Waals surface area contributed by atoms with Crippen LogP contribution < -0.4 is 5.32 Å². The first-order valence-corrected chi connectivity index (χ1v) is 11.3. The van der Waals surface area contributed by atoms with Gasteiger partial charge in [-0.05, 0) is 48.4 Å². The first-order valence-electron chi connectivity index (χ1n) is 11.3. The number of rotatable bonds is 7. The van der Waals surface area contributed by atoms with Gasteiger partial charge in [0.05, 0.1) is 17.1 Å². The molecule has 0 saturated carbocycles. The van der Waals surface area contributed by atoms with E-state index in [-0.39, 0.29) is 0 Å². The summed E-state index contributed by atoms with van der Waals surface area (Å²) < 4.78 is 1.92. The topological polar surface area (TPSA) is 63.0 Å². The number of nitrogens with one attached hydrogen (secondary N) is 1. The Morgan fingerprint density at radius 3 is 2.35 bits per heavy atom. The molecule has 5 aromatic rings. The highest BCUT2D eigenvalue weighted by molar-refractivity contribution is 5.64. The van der Waals surface area contributed by atoms with E-state index in [1.54, 1.807) is 6.20 Å². The van der Waals surface area contributed by atoms with Gasteiger partial charge in [-0.25, -0.2) is 4.68 Å². The van der Waals surface area contributed by atoms with Crippen LogP contribution in [0.15, 0.2) is 109 Å². The molecule has 168 valence electrons. The fourth-order valence-electron chi connectivity index (χ4n) is 3.99. The fourth-order valence-corrected chi connectivity index (χ4v) is 3.99. The second-order valence-corrected chi connectivity index (χ2v) is 8.23. The summed E-state index contributed by atoms with van der Waals surface area (Å²) in [4.78, 5) is 4.30. The maximum absolute atomic E-state index is 10.8. The Labute approximate surface area is 199 Å². The summed E-state index contributed by atoms with van der Waals surface area (Å²) in [5.74, 6) is 0. The molecule has 0 amide bonds. The largest absolute Gasteiger partial charge is 0.382 e. The summed E-state index contributed by atoms with van der Waals surface area (Å²) in [6.45, 7) is 2.66. The van der Waals surface area contributed by atoms with Gasteiger partial charge in [0, 0.05) is 35.8 Å². The molecule has 3 aromatic carbocycles. The van der Waals surface area contributed by atoms with E-state index < -0.39 is 6.10 Å². The fraction of sp³-hybridized carbons (Fsp3) is 0.103. The highest BCUT2D eigenvalue weighted by Crippen LogP contribution is 2.28. The molecule has 1 atom stereocenters. The highest BCUT2D eigenvalue weighted by Gasteiger charge is 2.15. The number of aromatic nitrogens is 3. The Morgan fingerprint density at radius 1 is 0.882 bits per heavy atom. The van der Waals surface area contributed by atoms with E-state index in [1.807, 2.05) is 89.6 Å². The average molecular weight is 447 g/mol. The number of benzene rings is 3. The molecule has 2 N–H and O–H groups in total. The predicted molar refractivity (Wildman–Crippen MR) is 136 cm³/mol. The molecular weight excluding hydrogens is 420 g/mol. The number of hydrogen-bond donors (Lipinski definition) is 2. The van der Waals surface area contributed by atoms with Crippen LogP contribution in [-0.2, 0) is 6.54 Å². The van der Waals surface area contributed by atoms with E-state index in [2.05, 4.69) is 35.6 Å². The first kappa shape index (κ1) is 21.6. The number of aliphatic hydroxyl groups is 1. The van der Waals surface area contributed by atoms with Crippen LogP contribution in [0.5, 0.6) is 0 Å².